The van der Waals surface area contributed by atoms with E-state index >= 15 is 0 Å². The lowest BCUT2D eigenvalue weighted by Crippen LogP contribution is -2.40. The van der Waals surface area contributed by atoms with E-state index in [-0.39, 0.29) is 18.4 Å². The smallest absolute Gasteiger partial charge is 0.254 e. The highest BCUT2D eigenvalue weighted by Crippen LogP contribution is 2.43. The van der Waals surface area contributed by atoms with E-state index in [1.807, 2.05) is 17.0 Å². The second kappa shape index (κ2) is 7.07. The molecule has 1 aliphatic heterocycles. The molecule has 0 bridgehead atoms. The van der Waals surface area contributed by atoms with Crippen molar-refractivity contribution in [2.75, 3.05) is 19.7 Å². The third kappa shape index (κ3) is 3.16. The van der Waals surface area contributed by atoms with Crippen LogP contribution >= 0.6 is 23.2 Å². The van der Waals surface area contributed by atoms with Gasteiger partial charge in [0.05, 0.1) is 0 Å². The maximum atomic E-state index is 13.0. The van der Waals surface area contributed by atoms with Crippen molar-refractivity contribution < 1.29 is 9.90 Å². The molecule has 1 atom stereocenters. The zero-order valence-corrected chi connectivity index (χ0v) is 15.7. The van der Waals surface area contributed by atoms with Crippen molar-refractivity contribution in [1.29, 1.82) is 0 Å². The van der Waals surface area contributed by atoms with Crippen molar-refractivity contribution in [2.45, 2.75) is 12.8 Å². The Morgan fingerprint density at radius 3 is 2.73 bits per heavy atom. The lowest BCUT2D eigenvalue weighted by atomic mass is 9.86. The zero-order chi connectivity index (χ0) is 18.3. The number of aliphatic hydroxyl groups excluding tert-OH is 1. The molecule has 1 aliphatic carbocycles. The standard InChI is InChI=1S/C21H19Cl2NO2/c22-17-3-1-2-14(9-17)21(26)24-11-15(6-7-25)20-16(12-24)8-13-4-5-18(23)10-19(13)20/h1-5,9-10,15,25H,6-8,11-12H2. The quantitative estimate of drug-likeness (QED) is 0.844. The molecule has 0 aromatic heterocycles. The fraction of sp³-hybridized carbons (Fsp3) is 0.286. The molecule has 1 unspecified atom stereocenters. The summed E-state index contributed by atoms with van der Waals surface area (Å²) in [6.45, 7) is 1.29. The molecule has 3 nitrogen and oxygen atoms in total. The molecule has 0 spiro atoms. The summed E-state index contributed by atoms with van der Waals surface area (Å²) in [6, 6.07) is 13.0. The van der Waals surface area contributed by atoms with Gasteiger partial charge >= 0.3 is 0 Å². The summed E-state index contributed by atoms with van der Waals surface area (Å²) in [7, 11) is 0. The zero-order valence-electron chi connectivity index (χ0n) is 14.2. The summed E-state index contributed by atoms with van der Waals surface area (Å²) < 4.78 is 0. The number of hydrogen-bond donors (Lipinski definition) is 1. The fourth-order valence-electron chi connectivity index (χ4n) is 4.12. The Hall–Kier alpha value is -1.81. The summed E-state index contributed by atoms with van der Waals surface area (Å²) in [4.78, 5) is 14.9. The van der Waals surface area contributed by atoms with Crippen molar-refractivity contribution in [1.82, 2.24) is 4.90 Å². The third-order valence-electron chi connectivity index (χ3n) is 5.21. The van der Waals surface area contributed by atoms with E-state index in [0.29, 0.717) is 30.1 Å². The Morgan fingerprint density at radius 2 is 1.96 bits per heavy atom. The van der Waals surface area contributed by atoms with Crippen molar-refractivity contribution in [3.05, 3.63) is 74.8 Å². The van der Waals surface area contributed by atoms with Gasteiger partial charge in [-0.1, -0.05) is 35.3 Å². The van der Waals surface area contributed by atoms with Crippen molar-refractivity contribution >= 4 is 34.7 Å². The molecule has 134 valence electrons. The number of halogens is 2. The first-order chi connectivity index (χ1) is 12.6. The molecule has 2 aromatic rings. The molecular formula is C21H19Cl2NO2. The number of rotatable bonds is 3. The van der Waals surface area contributed by atoms with Gasteiger partial charge in [-0.3, -0.25) is 4.79 Å². The molecular weight excluding hydrogens is 369 g/mol. The van der Waals surface area contributed by atoms with Gasteiger partial charge in [-0.15, -0.1) is 0 Å². The van der Waals surface area contributed by atoms with Gasteiger partial charge in [-0.05, 0) is 65.4 Å². The summed E-state index contributed by atoms with van der Waals surface area (Å²) >= 11 is 12.2. The minimum Gasteiger partial charge on any atom is -0.396 e. The number of carbonyl (C=O) groups is 1. The summed E-state index contributed by atoms with van der Waals surface area (Å²) in [5.41, 5.74) is 5.55. The number of amides is 1. The van der Waals surface area contributed by atoms with E-state index < -0.39 is 0 Å². The first-order valence-electron chi connectivity index (χ1n) is 8.73. The predicted octanol–water partition coefficient (Wildman–Crippen LogP) is 4.46. The predicted molar refractivity (Wildman–Crippen MR) is 105 cm³/mol. The number of benzene rings is 2. The lowest BCUT2D eigenvalue weighted by molar-refractivity contribution is 0.0739. The number of nitrogens with zero attached hydrogens (tertiary/aromatic N) is 1. The molecule has 2 aliphatic rings. The van der Waals surface area contributed by atoms with Crippen LogP contribution in [0, 0.1) is 5.92 Å². The number of aliphatic hydroxyl groups is 1. The van der Waals surface area contributed by atoms with Crippen LogP contribution in [-0.2, 0) is 6.42 Å². The van der Waals surface area contributed by atoms with Crippen molar-refractivity contribution in [3.63, 3.8) is 0 Å². The van der Waals surface area contributed by atoms with Gasteiger partial charge in [0.15, 0.2) is 0 Å². The molecule has 26 heavy (non-hydrogen) atoms. The van der Waals surface area contributed by atoms with Crippen LogP contribution in [0.5, 0.6) is 0 Å². The minimum atomic E-state index is -0.0176. The summed E-state index contributed by atoms with van der Waals surface area (Å²) in [6.07, 6.45) is 1.47. The molecule has 0 saturated carbocycles. The van der Waals surface area contributed by atoms with Gasteiger partial charge in [0.2, 0.25) is 0 Å². The Kier molecular flexibility index (Phi) is 4.78. The van der Waals surface area contributed by atoms with Gasteiger partial charge < -0.3 is 10.0 Å². The minimum absolute atomic E-state index is 0.0176. The average molecular weight is 388 g/mol. The van der Waals surface area contributed by atoms with Crippen LogP contribution in [0.2, 0.25) is 10.0 Å². The maximum Gasteiger partial charge on any atom is 0.254 e. The van der Waals surface area contributed by atoms with Crippen LogP contribution in [0.15, 0.2) is 48.0 Å². The van der Waals surface area contributed by atoms with Crippen molar-refractivity contribution in [3.8, 4) is 0 Å². The highest BCUT2D eigenvalue weighted by Gasteiger charge is 2.35. The van der Waals surface area contributed by atoms with Crippen LogP contribution in [0.4, 0.5) is 0 Å². The van der Waals surface area contributed by atoms with Crippen LogP contribution in [0.25, 0.3) is 5.57 Å². The monoisotopic (exact) mass is 387 g/mol. The molecule has 0 saturated heterocycles. The molecule has 1 N–H and O–H groups in total. The van der Waals surface area contributed by atoms with E-state index in [1.54, 1.807) is 24.3 Å². The van der Waals surface area contributed by atoms with Gasteiger partial charge in [0, 0.05) is 41.2 Å². The maximum absolute atomic E-state index is 13.0. The molecule has 4 rings (SSSR count). The first kappa shape index (κ1) is 17.6. The highest BCUT2D eigenvalue weighted by atomic mass is 35.5. The van der Waals surface area contributed by atoms with Gasteiger partial charge in [0.25, 0.3) is 5.91 Å². The number of carbonyl (C=O) groups excluding carboxylic acids is 1. The first-order valence-corrected chi connectivity index (χ1v) is 9.49. The lowest BCUT2D eigenvalue weighted by Gasteiger charge is -2.34. The second-order valence-electron chi connectivity index (χ2n) is 6.90. The fourth-order valence-corrected chi connectivity index (χ4v) is 4.48. The Bertz CT molecular complexity index is 907. The molecule has 1 heterocycles. The Labute approximate surface area is 162 Å². The van der Waals surface area contributed by atoms with E-state index in [4.69, 9.17) is 23.2 Å². The summed E-state index contributed by atoms with van der Waals surface area (Å²) in [5, 5.41) is 10.8. The highest BCUT2D eigenvalue weighted by molar-refractivity contribution is 6.31. The largest absolute Gasteiger partial charge is 0.396 e. The SMILES string of the molecule is O=C(c1cccc(Cl)c1)N1CC2=C(c3cc(Cl)ccc3C2)C(CCO)C1. The van der Waals surface area contributed by atoms with Gasteiger partial charge in [0.1, 0.15) is 0 Å². The Balaban J connectivity index is 1.67. The normalized spacial score (nSPS) is 18.7. The van der Waals surface area contributed by atoms with Gasteiger partial charge in [-0.25, -0.2) is 0 Å². The summed E-state index contributed by atoms with van der Waals surface area (Å²) in [5.74, 6) is 0.0996. The second-order valence-corrected chi connectivity index (χ2v) is 7.77. The molecule has 0 radical (unpaired) electrons. The molecule has 1 amide bonds. The van der Waals surface area contributed by atoms with Crippen molar-refractivity contribution in [2.24, 2.45) is 5.92 Å². The van der Waals surface area contributed by atoms with Crippen LogP contribution < -0.4 is 0 Å². The molecule has 5 heteroatoms. The number of hydrogen-bond acceptors (Lipinski definition) is 2. The van der Waals surface area contributed by atoms with E-state index in [2.05, 4.69) is 6.07 Å². The van der Waals surface area contributed by atoms with Crippen LogP contribution in [-0.4, -0.2) is 35.6 Å². The Morgan fingerprint density at radius 1 is 1.15 bits per heavy atom. The third-order valence-corrected chi connectivity index (χ3v) is 5.68. The molecule has 0 fully saturated rings. The van der Waals surface area contributed by atoms with Crippen LogP contribution in [0.1, 0.15) is 27.9 Å². The topological polar surface area (TPSA) is 40.5 Å². The van der Waals surface area contributed by atoms with E-state index in [1.165, 1.54) is 22.3 Å². The van der Waals surface area contributed by atoms with E-state index in [0.717, 1.165) is 11.4 Å². The molecule has 2 aromatic carbocycles. The van der Waals surface area contributed by atoms with E-state index in [9.17, 15) is 9.90 Å². The number of fused-ring (bicyclic) bond motifs is 2. The average Bonchev–Trinajstić information content (AvgIpc) is 2.99. The van der Waals surface area contributed by atoms with Gasteiger partial charge in [-0.2, -0.15) is 0 Å². The van der Waals surface area contributed by atoms with Crippen LogP contribution in [0.3, 0.4) is 0 Å².